The van der Waals surface area contributed by atoms with Crippen molar-refractivity contribution in [2.45, 2.75) is 119 Å². The van der Waals surface area contributed by atoms with Crippen molar-refractivity contribution < 1.29 is 0 Å². The summed E-state index contributed by atoms with van der Waals surface area (Å²) in [5.74, 6) is 5.73. The van der Waals surface area contributed by atoms with Gasteiger partial charge >= 0.3 is 0 Å². The van der Waals surface area contributed by atoms with Crippen LogP contribution in [0.1, 0.15) is 99.0 Å². The van der Waals surface area contributed by atoms with Gasteiger partial charge in [-0.05, 0) is 138 Å². The zero-order valence-corrected chi connectivity index (χ0v) is 52.6. The highest BCUT2D eigenvalue weighted by Gasteiger charge is 2.15. The van der Waals surface area contributed by atoms with E-state index in [0.717, 1.165) is 48.0 Å². The highest BCUT2D eigenvalue weighted by molar-refractivity contribution is 6.28. The first-order valence-corrected chi connectivity index (χ1v) is 29.6. The van der Waals surface area contributed by atoms with Crippen LogP contribution < -0.4 is 48.7 Å². The van der Waals surface area contributed by atoms with E-state index in [0.29, 0.717) is 85.0 Å². The molecule has 4 aromatic heterocycles. The van der Waals surface area contributed by atoms with Crippen molar-refractivity contribution in [3.05, 3.63) is 149 Å². The molecule has 8 rings (SSSR count). The molecular formula is C61H85Cl2N23. The number of aryl methyl sites for hydroxylation is 3. The van der Waals surface area contributed by atoms with Gasteiger partial charge < -0.3 is 53.6 Å². The summed E-state index contributed by atoms with van der Waals surface area (Å²) in [6.07, 6.45) is 3.83. The van der Waals surface area contributed by atoms with Crippen LogP contribution in [0.15, 0.2) is 121 Å². The smallest absolute Gasteiger partial charge is 0.233 e. The third-order valence-corrected chi connectivity index (χ3v) is 12.5. The fourth-order valence-corrected chi connectivity index (χ4v) is 7.61. The molecule has 4 atom stereocenters. The summed E-state index contributed by atoms with van der Waals surface area (Å²) >= 11 is 12.2. The number of hydrogen-bond donors (Lipinski definition) is 9. The van der Waals surface area contributed by atoms with Crippen molar-refractivity contribution in [2.75, 3.05) is 69.9 Å². The summed E-state index contributed by atoms with van der Waals surface area (Å²) in [6.45, 7) is 25.2. The lowest BCUT2D eigenvalue weighted by molar-refractivity contribution is 0.321. The maximum atomic E-state index is 7.32. The number of benzene rings is 4. The Morgan fingerprint density at radius 3 is 1.20 bits per heavy atom. The third kappa shape index (κ3) is 28.8. The largest absolute Gasteiger partial charge is 0.354 e. The second-order valence-corrected chi connectivity index (χ2v) is 20.3. The highest BCUT2D eigenvalue weighted by Crippen LogP contribution is 2.21. The first-order valence-electron chi connectivity index (χ1n) is 28.9. The summed E-state index contributed by atoms with van der Waals surface area (Å²) in [5, 5.41) is 30.3. The second-order valence-electron chi connectivity index (χ2n) is 19.6. The van der Waals surface area contributed by atoms with Gasteiger partial charge in [0.15, 0.2) is 0 Å². The minimum Gasteiger partial charge on any atom is -0.354 e. The predicted molar refractivity (Wildman–Crippen MR) is 351 cm³/mol. The lowest BCUT2D eigenvalue weighted by Crippen LogP contribution is -2.25. The summed E-state index contributed by atoms with van der Waals surface area (Å²) in [5.41, 5.74) is 13.8. The van der Waals surface area contributed by atoms with Crippen LogP contribution in [-0.2, 0) is 12.8 Å². The van der Waals surface area contributed by atoms with Gasteiger partial charge in [0.1, 0.15) is 17.5 Å². The van der Waals surface area contributed by atoms with Gasteiger partial charge in [-0.2, -0.15) is 55.1 Å². The lowest BCUT2D eigenvalue weighted by Gasteiger charge is -2.16. The fourth-order valence-electron chi connectivity index (χ4n) is 7.27. The van der Waals surface area contributed by atoms with Crippen LogP contribution in [0.3, 0.4) is 0 Å². The number of anilines is 11. The molecule has 25 heteroatoms. The van der Waals surface area contributed by atoms with Crippen LogP contribution in [0.2, 0.25) is 10.6 Å². The maximum Gasteiger partial charge on any atom is 0.233 e. The molecule has 0 aliphatic heterocycles. The molecule has 0 amide bonds. The number of nitriles is 1. The number of aromatic nitrogens is 12. The molecule has 0 saturated heterocycles. The van der Waals surface area contributed by atoms with Crippen LogP contribution in [-0.4, -0.2) is 116 Å². The SMILES string of the molecule is CC#N.CC(CCc1nc(Cl)nc(Nc2ccccc2)n1)Nc1nc(Cl)nc(Nc2ccccc2)n1.CC(N)CN.CCC(C)CNc1nc(Nc2ccccc2)nc(NC(C)CCc2nc(C)nc(Nc3ccccc3)n2)n1.CCN(CC)CC. The Balaban J connectivity index is 0.000000300. The van der Waals surface area contributed by atoms with Crippen LogP contribution in [0.5, 0.6) is 0 Å². The van der Waals surface area contributed by atoms with E-state index in [-0.39, 0.29) is 28.7 Å². The Labute approximate surface area is 517 Å². The molecule has 0 saturated carbocycles. The van der Waals surface area contributed by atoms with Crippen LogP contribution in [0, 0.1) is 24.2 Å². The van der Waals surface area contributed by atoms with Gasteiger partial charge in [-0.3, -0.25) is 0 Å². The zero-order valence-electron chi connectivity index (χ0n) is 51.1. The molecule has 8 aromatic rings. The molecular weight excluding hydrogens is 1130 g/mol. The van der Waals surface area contributed by atoms with Crippen LogP contribution in [0.25, 0.3) is 0 Å². The van der Waals surface area contributed by atoms with Crippen molar-refractivity contribution in [3.8, 4) is 6.07 Å². The number of nitrogens with two attached hydrogens (primary N) is 2. The van der Waals surface area contributed by atoms with Gasteiger partial charge in [0, 0.05) is 73.7 Å². The van der Waals surface area contributed by atoms with Crippen molar-refractivity contribution in [1.29, 1.82) is 5.26 Å². The van der Waals surface area contributed by atoms with E-state index in [2.05, 4.69) is 143 Å². The quantitative estimate of drug-likeness (QED) is 0.0243. The normalized spacial score (nSPS) is 11.7. The Bertz CT molecular complexity index is 3150. The van der Waals surface area contributed by atoms with E-state index in [1.165, 1.54) is 26.6 Å². The molecule has 0 radical (unpaired) electrons. The van der Waals surface area contributed by atoms with E-state index in [1.807, 2.05) is 142 Å². The van der Waals surface area contributed by atoms with Crippen LogP contribution >= 0.6 is 23.2 Å². The van der Waals surface area contributed by atoms with Gasteiger partial charge in [-0.25, -0.2) is 9.97 Å². The number of hydrogen-bond acceptors (Lipinski definition) is 23. The van der Waals surface area contributed by atoms with Gasteiger partial charge in [0.2, 0.25) is 52.2 Å². The van der Waals surface area contributed by atoms with E-state index in [9.17, 15) is 0 Å². The number of para-hydroxylation sites is 4. The standard InChI is InChI=1S/C28H36N10.C22H21Cl2N9.C6H15N.C3H10N2.C2H3N/c1-5-19(2)18-29-25-36-26(38-28(37-25)34-23-14-10-7-11-15-23)30-20(3)16-17-24-31-21(4)32-27(35-24)33-22-12-8-6-9-13-22;1-14(25-20-31-19(24)32-22(33-20)27-16-10-6-3-7-11-16)12-13-17-28-18(23)30-21(29-17)26-15-8-4-2-5-9-15;1-4-7(5-2)6-3;1-3(5)2-4;1-2-3/h6-15,19-20H,5,16-18H2,1-4H3,(H,31,32,33,35)(H3,29,30,34,36,37,38);2-11,14H,12-13H2,1H3,(H,26,28,29,30)(H2,25,27,31,32,33);4-6H2,1-3H3;3H,2,4-5H2,1H3;1H3. The topological polar surface area (TPSA) is 318 Å². The number of halogens is 2. The van der Waals surface area contributed by atoms with Gasteiger partial charge in [-0.1, -0.05) is 114 Å². The predicted octanol–water partition coefficient (Wildman–Crippen LogP) is 12.2. The molecule has 0 aliphatic carbocycles. The molecule has 11 N–H and O–H groups in total. The van der Waals surface area contributed by atoms with Gasteiger partial charge in [0.05, 0.1) is 6.07 Å². The number of nitrogens with zero attached hydrogens (tertiary/aromatic N) is 14. The maximum absolute atomic E-state index is 7.32. The van der Waals surface area contributed by atoms with Crippen molar-refractivity contribution in [1.82, 2.24) is 64.7 Å². The molecule has 4 heterocycles. The monoisotopic (exact) mass is 1210 g/mol. The summed E-state index contributed by atoms with van der Waals surface area (Å²) in [4.78, 5) is 55.3. The van der Waals surface area contributed by atoms with Crippen molar-refractivity contribution >= 4 is 87.6 Å². The molecule has 4 unspecified atom stereocenters. The lowest BCUT2D eigenvalue weighted by atomic mass is 10.1. The Hall–Kier alpha value is -8.53. The Kier molecular flexibility index (Phi) is 32.5. The first-order chi connectivity index (χ1) is 41.5. The van der Waals surface area contributed by atoms with E-state index in [1.54, 1.807) is 6.07 Å². The molecule has 4 aromatic carbocycles. The zero-order chi connectivity index (χ0) is 62.5. The molecule has 23 nitrogen and oxygen atoms in total. The number of rotatable bonds is 26. The van der Waals surface area contributed by atoms with E-state index in [4.69, 9.17) is 39.9 Å². The third-order valence-electron chi connectivity index (χ3n) is 12.2. The highest BCUT2D eigenvalue weighted by atomic mass is 35.5. The molecule has 458 valence electrons. The average molecular weight is 1210 g/mol. The van der Waals surface area contributed by atoms with Crippen molar-refractivity contribution in [2.24, 2.45) is 17.4 Å². The molecule has 0 aliphatic rings. The molecule has 0 bridgehead atoms. The minimum atomic E-state index is 0.00844. The minimum absolute atomic E-state index is 0.00844. The van der Waals surface area contributed by atoms with Crippen molar-refractivity contribution in [3.63, 3.8) is 0 Å². The van der Waals surface area contributed by atoms with Gasteiger partial charge in [-0.15, -0.1) is 0 Å². The summed E-state index contributed by atoms with van der Waals surface area (Å²) in [6, 6.07) is 40.9. The second kappa shape index (κ2) is 39.9. The van der Waals surface area contributed by atoms with Gasteiger partial charge in [0.25, 0.3) is 0 Å². The fraction of sp³-hybridized carbons (Fsp3) is 0.393. The van der Waals surface area contributed by atoms with E-state index < -0.39 is 0 Å². The summed E-state index contributed by atoms with van der Waals surface area (Å²) < 4.78 is 0. The first kappa shape index (κ1) is 70.0. The molecule has 86 heavy (non-hydrogen) atoms. The molecule has 0 fully saturated rings. The summed E-state index contributed by atoms with van der Waals surface area (Å²) in [7, 11) is 0. The average Bonchev–Trinajstić information content (AvgIpc) is 3.69. The molecule has 0 spiro atoms. The Morgan fingerprint density at radius 1 is 0.488 bits per heavy atom. The van der Waals surface area contributed by atoms with Crippen LogP contribution in [0.4, 0.5) is 64.4 Å². The van der Waals surface area contributed by atoms with E-state index >= 15 is 0 Å². The Morgan fingerprint density at radius 2 is 0.814 bits per heavy atom. The number of nitrogens with one attached hydrogen (secondary N) is 7.